The van der Waals surface area contributed by atoms with Gasteiger partial charge in [0.25, 0.3) is 0 Å². The molecular formula is C45H82N6O5. The monoisotopic (exact) mass is 787 g/mol. The molecule has 0 aliphatic carbocycles. The maximum Gasteiger partial charge on any atom is 0.328 e. The van der Waals surface area contributed by atoms with E-state index in [2.05, 4.69) is 107 Å². The highest BCUT2D eigenvalue weighted by atomic mass is 16.5. The molecular weight excluding hydrogens is 705 g/mol. The van der Waals surface area contributed by atoms with Crippen molar-refractivity contribution in [2.45, 2.75) is 158 Å². The van der Waals surface area contributed by atoms with E-state index in [9.17, 15) is 19.2 Å². The van der Waals surface area contributed by atoms with Gasteiger partial charge in [-0.15, -0.1) is 0 Å². The number of allylic oxidation sites excluding steroid dienone is 1. The van der Waals surface area contributed by atoms with E-state index in [4.69, 9.17) is 4.74 Å². The fourth-order valence-corrected chi connectivity index (χ4v) is 6.40. The minimum atomic E-state index is -0.629. The summed E-state index contributed by atoms with van der Waals surface area (Å²) in [5, 5.41) is 9.70. The Morgan fingerprint density at radius 1 is 0.857 bits per heavy atom. The van der Waals surface area contributed by atoms with Gasteiger partial charge in [0, 0.05) is 37.3 Å². The topological polar surface area (TPSA) is 141 Å². The fourth-order valence-electron chi connectivity index (χ4n) is 6.40. The SMILES string of the molecule is C=CNC(CCC(=C)NC(C(=O)N(C)C(C(=O)OC)C(C)C)[C@@H](C)CC)Cc1ccccc1.CC(C)CC(=O)NC(C)CC(C)C.CC(C)CC(C)NNC=O. The van der Waals surface area contributed by atoms with Gasteiger partial charge in [0.15, 0.2) is 0 Å². The van der Waals surface area contributed by atoms with Crippen LogP contribution in [-0.2, 0) is 30.3 Å². The van der Waals surface area contributed by atoms with Crippen LogP contribution in [0.25, 0.3) is 0 Å². The largest absolute Gasteiger partial charge is 0.467 e. The molecule has 6 atom stereocenters. The minimum absolute atomic E-state index is 0.0593. The number of carbonyl (C=O) groups is 4. The number of rotatable bonds is 25. The molecule has 5 unspecified atom stereocenters. The van der Waals surface area contributed by atoms with Crippen LogP contribution in [0.2, 0.25) is 0 Å². The Kier molecular flexibility index (Phi) is 30.3. The molecule has 0 heterocycles. The van der Waals surface area contributed by atoms with Crippen molar-refractivity contribution in [2.24, 2.45) is 29.6 Å². The summed E-state index contributed by atoms with van der Waals surface area (Å²) in [4.78, 5) is 48.4. The van der Waals surface area contributed by atoms with Crippen LogP contribution in [0.4, 0.5) is 0 Å². The van der Waals surface area contributed by atoms with Crippen molar-refractivity contribution in [3.63, 3.8) is 0 Å². The first-order valence-electron chi connectivity index (χ1n) is 20.7. The van der Waals surface area contributed by atoms with Crippen molar-refractivity contribution in [3.05, 3.63) is 61.0 Å². The summed E-state index contributed by atoms with van der Waals surface area (Å²) >= 11 is 0. The van der Waals surface area contributed by atoms with E-state index in [0.717, 1.165) is 37.8 Å². The number of hydrogen-bond donors (Lipinski definition) is 5. The standard InChI is InChI=1S/C27H43N3O3.C11H23NO.C7H16N2O/c1-9-20(5)24(26(31)30(7)25(19(3)4)27(32)33-8)29-21(6)16-17-23(28-10-2)18-22-14-12-11-13-15-22;1-8(2)6-10(5)12-11(13)7-9(3)4;1-6(2)4-7(3)9-8-5-10/h10-15,19-20,23-25,28-29H,2,6,9,16-18H2,1,3-5,7-8H3;8-10H,6-7H2,1-5H3,(H,12,13);5-7,9H,4H2,1-3H3,(H,8,10)/t20-,23?,24?,25?;;/m0../s1. The molecule has 0 radical (unpaired) electrons. The third-order valence-corrected chi connectivity index (χ3v) is 9.19. The summed E-state index contributed by atoms with van der Waals surface area (Å²) in [7, 11) is 3.03. The van der Waals surface area contributed by atoms with Gasteiger partial charge in [0.1, 0.15) is 12.1 Å². The Bertz CT molecular complexity index is 1240. The van der Waals surface area contributed by atoms with Crippen molar-refractivity contribution < 1.29 is 23.9 Å². The van der Waals surface area contributed by atoms with E-state index in [-0.39, 0.29) is 29.7 Å². The van der Waals surface area contributed by atoms with E-state index >= 15 is 0 Å². The van der Waals surface area contributed by atoms with Gasteiger partial charge in [0.2, 0.25) is 18.2 Å². The third kappa shape index (κ3) is 26.1. The molecule has 5 N–H and O–H groups in total. The van der Waals surface area contributed by atoms with E-state index < -0.39 is 18.1 Å². The molecule has 322 valence electrons. The average molecular weight is 787 g/mol. The Hall–Kier alpha value is -3.86. The lowest BCUT2D eigenvalue weighted by atomic mass is 9.94. The van der Waals surface area contributed by atoms with Gasteiger partial charge in [-0.05, 0) is 87.3 Å². The lowest BCUT2D eigenvalue weighted by Gasteiger charge is -2.34. The molecule has 1 aromatic rings. The molecule has 0 saturated heterocycles. The lowest BCUT2D eigenvalue weighted by molar-refractivity contribution is -0.154. The predicted molar refractivity (Wildman–Crippen MR) is 233 cm³/mol. The molecule has 3 amide bonds. The molecule has 1 rings (SSSR count). The smallest absolute Gasteiger partial charge is 0.328 e. The number of nitrogens with one attached hydrogen (secondary N) is 5. The van der Waals surface area contributed by atoms with Crippen LogP contribution in [0.15, 0.2) is 55.4 Å². The number of methoxy groups -OCH3 is 1. The molecule has 56 heavy (non-hydrogen) atoms. The maximum atomic E-state index is 13.4. The maximum absolute atomic E-state index is 13.4. The van der Waals surface area contributed by atoms with Crippen molar-refractivity contribution in [1.82, 2.24) is 31.7 Å². The molecule has 11 nitrogen and oxygen atoms in total. The molecule has 0 spiro atoms. The fraction of sp³-hybridized carbons (Fsp3) is 0.689. The number of likely N-dealkylation sites (N-methyl/N-ethyl adjacent to an activating group) is 1. The Morgan fingerprint density at radius 3 is 1.89 bits per heavy atom. The zero-order chi connectivity index (χ0) is 43.4. The first kappa shape index (κ1) is 54.2. The Balaban J connectivity index is 0. The van der Waals surface area contributed by atoms with Crippen molar-refractivity contribution >= 4 is 24.2 Å². The number of benzene rings is 1. The summed E-state index contributed by atoms with van der Waals surface area (Å²) in [5.74, 6) is 1.44. The van der Waals surface area contributed by atoms with Crippen LogP contribution in [0, 0.1) is 29.6 Å². The molecule has 0 aliphatic heterocycles. The first-order valence-corrected chi connectivity index (χ1v) is 20.7. The number of esters is 1. The number of nitrogens with zero attached hydrogens (tertiary/aromatic N) is 1. The second kappa shape index (κ2) is 31.3. The van der Waals surface area contributed by atoms with Crippen LogP contribution < -0.4 is 26.8 Å². The second-order valence-electron chi connectivity index (χ2n) is 16.7. The van der Waals surface area contributed by atoms with E-state index in [1.54, 1.807) is 13.2 Å². The van der Waals surface area contributed by atoms with E-state index in [1.807, 2.05) is 45.9 Å². The summed E-state index contributed by atoms with van der Waals surface area (Å²) in [6.07, 6.45) is 8.41. The van der Waals surface area contributed by atoms with Crippen LogP contribution in [0.1, 0.15) is 127 Å². The van der Waals surface area contributed by atoms with Gasteiger partial charge < -0.3 is 25.6 Å². The van der Waals surface area contributed by atoms with Crippen LogP contribution in [0.5, 0.6) is 0 Å². The average Bonchev–Trinajstić information content (AvgIpc) is 3.11. The van der Waals surface area contributed by atoms with Crippen molar-refractivity contribution in [2.75, 3.05) is 14.2 Å². The second-order valence-corrected chi connectivity index (χ2v) is 16.7. The normalized spacial score (nSPS) is 14.0. The van der Waals surface area contributed by atoms with Crippen LogP contribution in [-0.4, -0.2) is 73.5 Å². The number of carbonyl (C=O) groups excluding carboxylic acids is 4. The highest BCUT2D eigenvalue weighted by Crippen LogP contribution is 2.19. The lowest BCUT2D eigenvalue weighted by Crippen LogP contribution is -2.54. The number of hydrogen-bond acceptors (Lipinski definition) is 8. The molecule has 0 fully saturated rings. The number of ether oxygens (including phenoxy) is 1. The summed E-state index contributed by atoms with van der Waals surface area (Å²) < 4.78 is 4.94. The van der Waals surface area contributed by atoms with E-state index in [1.165, 1.54) is 17.6 Å². The van der Waals surface area contributed by atoms with Crippen molar-refractivity contribution in [3.8, 4) is 0 Å². The van der Waals surface area contributed by atoms with Crippen LogP contribution in [0.3, 0.4) is 0 Å². The highest BCUT2D eigenvalue weighted by Gasteiger charge is 2.35. The zero-order valence-electron chi connectivity index (χ0n) is 37.7. The third-order valence-electron chi connectivity index (χ3n) is 9.19. The van der Waals surface area contributed by atoms with Crippen molar-refractivity contribution in [1.29, 1.82) is 0 Å². The predicted octanol–water partition coefficient (Wildman–Crippen LogP) is 7.54. The Labute approximate surface area is 342 Å². The van der Waals surface area contributed by atoms with E-state index in [0.29, 0.717) is 49.1 Å². The molecule has 0 saturated carbocycles. The van der Waals surface area contributed by atoms with Crippen LogP contribution >= 0.6 is 0 Å². The number of hydrazine groups is 1. The summed E-state index contributed by atoms with van der Waals surface area (Å²) in [6, 6.07) is 10.1. The molecule has 0 aliphatic rings. The summed E-state index contributed by atoms with van der Waals surface area (Å²) in [5.41, 5.74) is 7.34. The molecule has 0 bridgehead atoms. The van der Waals surface area contributed by atoms with Gasteiger partial charge in [-0.25, -0.2) is 10.2 Å². The number of amides is 3. The summed E-state index contributed by atoms with van der Waals surface area (Å²) in [6.45, 7) is 32.8. The minimum Gasteiger partial charge on any atom is -0.467 e. The zero-order valence-corrected chi connectivity index (χ0v) is 37.7. The van der Waals surface area contributed by atoms with Gasteiger partial charge in [-0.2, -0.15) is 0 Å². The Morgan fingerprint density at radius 2 is 1.43 bits per heavy atom. The highest BCUT2D eigenvalue weighted by molar-refractivity contribution is 5.88. The first-order chi connectivity index (χ1) is 26.2. The van der Waals surface area contributed by atoms with Gasteiger partial charge in [-0.3, -0.25) is 19.8 Å². The quantitative estimate of drug-likeness (QED) is 0.0389. The molecule has 0 aromatic heterocycles. The van der Waals surface area contributed by atoms with Gasteiger partial charge >= 0.3 is 5.97 Å². The molecule has 11 heteroatoms. The van der Waals surface area contributed by atoms with Gasteiger partial charge in [0.05, 0.1) is 7.11 Å². The molecule has 1 aromatic carbocycles. The van der Waals surface area contributed by atoms with Gasteiger partial charge in [-0.1, -0.05) is 119 Å².